The predicted octanol–water partition coefficient (Wildman–Crippen LogP) is 3.09. The minimum atomic E-state index is -0.636. The van der Waals surface area contributed by atoms with Gasteiger partial charge in [0.05, 0.1) is 12.0 Å². The van der Waals surface area contributed by atoms with E-state index in [0.29, 0.717) is 18.2 Å². The van der Waals surface area contributed by atoms with Gasteiger partial charge >= 0.3 is 0 Å². The lowest BCUT2D eigenvalue weighted by molar-refractivity contribution is 0.141. The van der Waals surface area contributed by atoms with Crippen molar-refractivity contribution < 1.29 is 9.52 Å². The minimum Gasteiger partial charge on any atom is -0.467 e. The molecular weight excluding hydrogens is 252 g/mol. The smallest absolute Gasteiger partial charge is 0.133 e. The number of nitrogens with one attached hydrogen (secondary N) is 1. The summed E-state index contributed by atoms with van der Waals surface area (Å²) in [6.45, 7) is 4.81. The minimum absolute atomic E-state index is 0.140. The maximum Gasteiger partial charge on any atom is 0.133 e. The van der Waals surface area contributed by atoms with Crippen molar-refractivity contribution in [3.8, 4) is 0 Å². The van der Waals surface area contributed by atoms with Crippen LogP contribution in [0.2, 0.25) is 0 Å². The highest BCUT2D eigenvalue weighted by atomic mass is 16.4. The molecule has 0 saturated carbocycles. The number of pyridine rings is 1. The first-order valence-electron chi connectivity index (χ1n) is 7.02. The molecule has 0 spiro atoms. The monoisotopic (exact) mass is 274 g/mol. The van der Waals surface area contributed by atoms with E-state index in [-0.39, 0.29) is 6.04 Å². The van der Waals surface area contributed by atoms with E-state index in [2.05, 4.69) is 24.1 Å². The number of hydrogen-bond donors (Lipinski definition) is 2. The third-order valence-electron chi connectivity index (χ3n) is 3.18. The first-order valence-corrected chi connectivity index (χ1v) is 7.02. The Morgan fingerprint density at radius 2 is 2.10 bits per heavy atom. The number of furan rings is 1. The summed E-state index contributed by atoms with van der Waals surface area (Å²) in [6.07, 6.45) is 3.71. The second-order valence-corrected chi connectivity index (χ2v) is 5.38. The van der Waals surface area contributed by atoms with Gasteiger partial charge in [-0.1, -0.05) is 19.9 Å². The van der Waals surface area contributed by atoms with Crippen LogP contribution < -0.4 is 5.32 Å². The highest BCUT2D eigenvalue weighted by molar-refractivity contribution is 5.09. The highest BCUT2D eigenvalue weighted by Crippen LogP contribution is 2.20. The molecule has 2 atom stereocenters. The Morgan fingerprint density at radius 1 is 1.25 bits per heavy atom. The van der Waals surface area contributed by atoms with Crippen LogP contribution >= 0.6 is 0 Å². The molecule has 0 aliphatic rings. The number of rotatable bonds is 7. The van der Waals surface area contributed by atoms with Crippen molar-refractivity contribution in [2.24, 2.45) is 5.92 Å². The number of hydrogen-bond acceptors (Lipinski definition) is 4. The topological polar surface area (TPSA) is 58.3 Å². The first kappa shape index (κ1) is 14.8. The first-order chi connectivity index (χ1) is 9.66. The fourth-order valence-corrected chi connectivity index (χ4v) is 2.20. The second-order valence-electron chi connectivity index (χ2n) is 5.38. The predicted molar refractivity (Wildman–Crippen MR) is 78.1 cm³/mol. The van der Waals surface area contributed by atoms with Gasteiger partial charge in [-0.25, -0.2) is 0 Å². The Kier molecular flexibility index (Phi) is 5.32. The van der Waals surface area contributed by atoms with Crippen LogP contribution in [-0.2, 0) is 0 Å². The number of nitrogens with zero attached hydrogens (tertiary/aromatic N) is 1. The third-order valence-corrected chi connectivity index (χ3v) is 3.18. The lowest BCUT2D eigenvalue weighted by atomic mass is 10.0. The molecule has 2 rings (SSSR count). The highest BCUT2D eigenvalue weighted by Gasteiger charge is 2.17. The zero-order valence-electron chi connectivity index (χ0n) is 12.0. The van der Waals surface area contributed by atoms with E-state index < -0.39 is 6.10 Å². The normalized spacial score (nSPS) is 14.4. The van der Waals surface area contributed by atoms with Crippen molar-refractivity contribution in [2.45, 2.75) is 32.4 Å². The molecule has 2 heterocycles. The van der Waals surface area contributed by atoms with Gasteiger partial charge < -0.3 is 14.8 Å². The van der Waals surface area contributed by atoms with Crippen molar-refractivity contribution in [3.05, 3.63) is 54.2 Å². The van der Waals surface area contributed by atoms with E-state index in [1.54, 1.807) is 24.6 Å². The van der Waals surface area contributed by atoms with Crippen LogP contribution in [0.4, 0.5) is 0 Å². The van der Waals surface area contributed by atoms with Crippen molar-refractivity contribution in [1.82, 2.24) is 10.3 Å². The quantitative estimate of drug-likeness (QED) is 0.814. The molecule has 108 valence electrons. The fraction of sp³-hybridized carbons (Fsp3) is 0.438. The summed E-state index contributed by atoms with van der Waals surface area (Å²) >= 11 is 0. The van der Waals surface area contributed by atoms with E-state index >= 15 is 0 Å². The average Bonchev–Trinajstić information content (AvgIpc) is 2.98. The summed E-state index contributed by atoms with van der Waals surface area (Å²) in [5, 5.41) is 13.4. The van der Waals surface area contributed by atoms with E-state index in [1.165, 1.54) is 0 Å². The lowest BCUT2D eigenvalue weighted by Gasteiger charge is -2.21. The van der Waals surface area contributed by atoms with Crippen LogP contribution in [0.5, 0.6) is 0 Å². The molecule has 0 amide bonds. The molecule has 0 radical (unpaired) electrons. The van der Waals surface area contributed by atoms with Gasteiger partial charge in [-0.2, -0.15) is 0 Å². The molecule has 2 unspecified atom stereocenters. The molecule has 4 heteroatoms. The van der Waals surface area contributed by atoms with Crippen molar-refractivity contribution in [3.63, 3.8) is 0 Å². The van der Waals surface area contributed by atoms with Crippen molar-refractivity contribution >= 4 is 0 Å². The zero-order valence-corrected chi connectivity index (χ0v) is 12.0. The zero-order chi connectivity index (χ0) is 14.4. The number of aliphatic hydroxyl groups excluding tert-OH is 1. The lowest BCUT2D eigenvalue weighted by Crippen LogP contribution is -2.28. The molecule has 2 aromatic heterocycles. The molecule has 0 aliphatic heterocycles. The van der Waals surface area contributed by atoms with Crippen LogP contribution in [0.25, 0.3) is 0 Å². The molecule has 4 nitrogen and oxygen atoms in total. The second kappa shape index (κ2) is 7.22. The summed E-state index contributed by atoms with van der Waals surface area (Å²) in [6, 6.07) is 9.61. The summed E-state index contributed by atoms with van der Waals surface area (Å²) in [4.78, 5) is 4.41. The molecule has 2 N–H and O–H groups in total. The van der Waals surface area contributed by atoms with Crippen LogP contribution in [0.15, 0.2) is 47.2 Å². The van der Waals surface area contributed by atoms with Gasteiger partial charge in [0.1, 0.15) is 11.9 Å². The molecule has 0 bridgehead atoms. The molecule has 20 heavy (non-hydrogen) atoms. The number of aromatic nitrogens is 1. The Balaban J connectivity index is 1.98. The molecule has 0 aromatic carbocycles. The van der Waals surface area contributed by atoms with Gasteiger partial charge in [-0.3, -0.25) is 4.98 Å². The largest absolute Gasteiger partial charge is 0.467 e. The Morgan fingerprint density at radius 3 is 2.70 bits per heavy atom. The molecule has 0 saturated heterocycles. The summed E-state index contributed by atoms with van der Waals surface area (Å²) in [7, 11) is 0. The standard InChI is InChI=1S/C16H22N2O2/c1-12(2)10-14(13-6-3-4-8-17-13)18-11-15(19)16-7-5-9-20-16/h3-9,12,14-15,18-19H,10-11H2,1-2H3. The van der Waals surface area contributed by atoms with Gasteiger partial charge in [-0.15, -0.1) is 0 Å². The maximum atomic E-state index is 10.1. The SMILES string of the molecule is CC(C)CC(NCC(O)c1ccco1)c1ccccn1. The van der Waals surface area contributed by atoms with Gasteiger partial charge in [0.2, 0.25) is 0 Å². The average molecular weight is 274 g/mol. The van der Waals surface area contributed by atoms with Crippen LogP contribution in [0, 0.1) is 5.92 Å². The fourth-order valence-electron chi connectivity index (χ4n) is 2.20. The Labute approximate surface area is 119 Å². The van der Waals surface area contributed by atoms with E-state index in [1.807, 2.05) is 18.2 Å². The van der Waals surface area contributed by atoms with Crippen LogP contribution in [0.3, 0.4) is 0 Å². The van der Waals surface area contributed by atoms with Crippen molar-refractivity contribution in [2.75, 3.05) is 6.54 Å². The third kappa shape index (κ3) is 4.18. The van der Waals surface area contributed by atoms with Gasteiger partial charge in [0, 0.05) is 18.8 Å². The molecule has 0 fully saturated rings. The van der Waals surface area contributed by atoms with Gasteiger partial charge in [-0.05, 0) is 36.6 Å². The molecule has 0 aliphatic carbocycles. The molecule has 2 aromatic rings. The van der Waals surface area contributed by atoms with Crippen LogP contribution in [-0.4, -0.2) is 16.6 Å². The van der Waals surface area contributed by atoms with Crippen LogP contribution in [0.1, 0.15) is 43.9 Å². The Bertz CT molecular complexity index is 482. The van der Waals surface area contributed by atoms with Gasteiger partial charge in [0.25, 0.3) is 0 Å². The van der Waals surface area contributed by atoms with E-state index in [9.17, 15) is 5.11 Å². The summed E-state index contributed by atoms with van der Waals surface area (Å²) in [5.41, 5.74) is 1.01. The molecular formula is C16H22N2O2. The summed E-state index contributed by atoms with van der Waals surface area (Å²) < 4.78 is 5.21. The van der Waals surface area contributed by atoms with E-state index in [4.69, 9.17) is 4.42 Å². The van der Waals surface area contributed by atoms with Crippen molar-refractivity contribution in [1.29, 1.82) is 0 Å². The maximum absolute atomic E-state index is 10.1. The number of aliphatic hydroxyl groups is 1. The summed E-state index contributed by atoms with van der Waals surface area (Å²) in [5.74, 6) is 1.14. The Hall–Kier alpha value is -1.65. The van der Waals surface area contributed by atoms with E-state index in [0.717, 1.165) is 12.1 Å². The van der Waals surface area contributed by atoms with Gasteiger partial charge in [0.15, 0.2) is 0 Å².